The van der Waals surface area contributed by atoms with Gasteiger partial charge in [0.15, 0.2) is 5.78 Å². The summed E-state index contributed by atoms with van der Waals surface area (Å²) in [5.41, 5.74) is 4.48. The number of Topliss-reactive ketones (excluding diaryl/α,β-unsaturated/α-hetero) is 1. The second-order valence-corrected chi connectivity index (χ2v) is 8.24. The molecule has 0 saturated heterocycles. The minimum atomic E-state index is -1.79. The molecule has 29 heavy (non-hydrogen) atoms. The number of benzene rings is 1. The van der Waals surface area contributed by atoms with Crippen LogP contribution >= 0.6 is 0 Å². The number of para-hydroxylation sites is 1. The predicted molar refractivity (Wildman–Crippen MR) is 101 cm³/mol. The van der Waals surface area contributed by atoms with Crippen molar-refractivity contribution < 1.29 is 24.2 Å². The van der Waals surface area contributed by atoms with Crippen LogP contribution in [0.1, 0.15) is 32.3 Å². The van der Waals surface area contributed by atoms with Gasteiger partial charge in [-0.05, 0) is 11.5 Å². The summed E-state index contributed by atoms with van der Waals surface area (Å²) in [5, 5.41) is 19.2. The van der Waals surface area contributed by atoms with Gasteiger partial charge in [0, 0.05) is 24.1 Å². The molecule has 1 amide bonds. The molecule has 4 rings (SSSR count). The van der Waals surface area contributed by atoms with E-state index in [1.54, 1.807) is 24.3 Å². The Balaban J connectivity index is 2.08. The van der Waals surface area contributed by atoms with Crippen molar-refractivity contribution in [2.24, 2.45) is 11.1 Å². The van der Waals surface area contributed by atoms with Crippen LogP contribution in [0.15, 0.2) is 47.1 Å². The van der Waals surface area contributed by atoms with E-state index in [1.165, 1.54) is 0 Å². The highest BCUT2D eigenvalue weighted by atomic mass is 16.5. The van der Waals surface area contributed by atoms with Gasteiger partial charge in [-0.2, -0.15) is 5.26 Å². The lowest BCUT2D eigenvalue weighted by Gasteiger charge is -2.41. The number of nitrogens with zero attached hydrogens (tertiary/aromatic N) is 2. The first kappa shape index (κ1) is 18.7. The van der Waals surface area contributed by atoms with E-state index < -0.39 is 29.3 Å². The molecule has 0 bridgehead atoms. The molecule has 8 heteroatoms. The van der Waals surface area contributed by atoms with Crippen LogP contribution in [0.25, 0.3) is 0 Å². The van der Waals surface area contributed by atoms with Crippen LogP contribution in [0.5, 0.6) is 0 Å². The molecule has 1 spiro atoms. The van der Waals surface area contributed by atoms with Gasteiger partial charge < -0.3 is 15.6 Å². The number of carbonyl (C=O) groups is 3. The van der Waals surface area contributed by atoms with E-state index in [-0.39, 0.29) is 35.0 Å². The van der Waals surface area contributed by atoms with Crippen molar-refractivity contribution in [1.82, 2.24) is 0 Å². The van der Waals surface area contributed by atoms with Gasteiger partial charge in [0.1, 0.15) is 29.4 Å². The summed E-state index contributed by atoms with van der Waals surface area (Å²) in [6, 6.07) is 8.53. The highest BCUT2D eigenvalue weighted by Crippen LogP contribution is 2.57. The third-order valence-electron chi connectivity index (χ3n) is 5.64. The zero-order valence-corrected chi connectivity index (χ0v) is 16.0. The number of hydrogen-bond acceptors (Lipinski definition) is 6. The van der Waals surface area contributed by atoms with E-state index in [2.05, 4.69) is 0 Å². The van der Waals surface area contributed by atoms with E-state index in [4.69, 9.17) is 10.5 Å². The summed E-state index contributed by atoms with van der Waals surface area (Å²) in [6.45, 7) is 3.22. The molecule has 3 N–H and O–H groups in total. The number of nitrogens with two attached hydrogens (primary N) is 1. The van der Waals surface area contributed by atoms with E-state index in [9.17, 15) is 24.8 Å². The third-order valence-corrected chi connectivity index (χ3v) is 5.64. The van der Waals surface area contributed by atoms with Crippen molar-refractivity contribution in [2.45, 2.75) is 32.1 Å². The van der Waals surface area contributed by atoms with E-state index in [1.807, 2.05) is 19.9 Å². The largest absolute Gasteiger partial charge is 0.480 e. The average Bonchev–Trinajstić information content (AvgIpc) is 2.84. The van der Waals surface area contributed by atoms with Crippen LogP contribution in [0.2, 0.25) is 0 Å². The van der Waals surface area contributed by atoms with Crippen molar-refractivity contribution in [3.63, 3.8) is 0 Å². The quantitative estimate of drug-likeness (QED) is 0.781. The molecule has 2 aliphatic heterocycles. The fraction of sp³-hybridized carbons (Fsp3) is 0.333. The first-order chi connectivity index (χ1) is 13.6. The number of hydrogen-bond donors (Lipinski definition) is 2. The Morgan fingerprint density at radius 1 is 1.31 bits per heavy atom. The smallest absolute Gasteiger partial charge is 0.323 e. The summed E-state index contributed by atoms with van der Waals surface area (Å²) in [5.74, 6) is -2.17. The first-order valence-corrected chi connectivity index (χ1v) is 9.12. The average molecular weight is 393 g/mol. The molecular formula is C21H19N3O5. The number of ether oxygens (including phenoxy) is 1. The highest BCUT2D eigenvalue weighted by molar-refractivity contribution is 6.21. The van der Waals surface area contributed by atoms with Gasteiger partial charge in [-0.25, -0.2) is 0 Å². The molecule has 0 fully saturated rings. The van der Waals surface area contributed by atoms with Crippen molar-refractivity contribution >= 4 is 23.3 Å². The molecule has 2 heterocycles. The molecule has 0 unspecified atom stereocenters. The number of anilines is 1. The maximum Gasteiger partial charge on any atom is 0.323 e. The summed E-state index contributed by atoms with van der Waals surface area (Å²) in [6.07, 6.45) is 0.535. The lowest BCUT2D eigenvalue weighted by molar-refractivity contribution is -0.136. The summed E-state index contributed by atoms with van der Waals surface area (Å²) >= 11 is 0. The second-order valence-electron chi connectivity index (χ2n) is 8.24. The fourth-order valence-electron chi connectivity index (χ4n) is 4.63. The maximum atomic E-state index is 13.7. The topological polar surface area (TPSA) is 134 Å². The van der Waals surface area contributed by atoms with Crippen LogP contribution in [0.4, 0.5) is 5.69 Å². The maximum absolute atomic E-state index is 13.7. The van der Waals surface area contributed by atoms with E-state index >= 15 is 0 Å². The lowest BCUT2D eigenvalue weighted by atomic mass is 9.62. The molecular weight excluding hydrogens is 374 g/mol. The first-order valence-electron chi connectivity index (χ1n) is 9.12. The molecule has 3 aliphatic rings. The minimum Gasteiger partial charge on any atom is -0.480 e. The van der Waals surface area contributed by atoms with Crippen LogP contribution in [0.3, 0.4) is 0 Å². The number of carboxylic acid groups (broad SMARTS) is 1. The number of rotatable bonds is 2. The van der Waals surface area contributed by atoms with Crippen LogP contribution in [-0.4, -0.2) is 29.3 Å². The van der Waals surface area contributed by atoms with Gasteiger partial charge in [0.05, 0.1) is 5.57 Å². The van der Waals surface area contributed by atoms with E-state index in [0.717, 1.165) is 4.90 Å². The number of fused-ring (bicyclic) bond motifs is 3. The van der Waals surface area contributed by atoms with Gasteiger partial charge in [-0.15, -0.1) is 0 Å². The number of allylic oxidation sites excluding steroid dienone is 1. The van der Waals surface area contributed by atoms with Gasteiger partial charge in [-0.3, -0.25) is 19.3 Å². The standard InChI is InChI=1S/C21H19N3O5/c1-20(2)7-14(25)17-15(8-20)29-18(23)12(9-22)21(17)11-5-3-4-6-13(11)24(19(21)28)10-16(26)27/h3-6H,7-8,10,23H2,1-2H3,(H,26,27)/t21-/m1/s1. The molecule has 0 aromatic heterocycles. The molecule has 0 radical (unpaired) electrons. The van der Waals surface area contributed by atoms with Gasteiger partial charge >= 0.3 is 5.97 Å². The third kappa shape index (κ3) is 2.40. The zero-order valence-electron chi connectivity index (χ0n) is 16.0. The van der Waals surface area contributed by atoms with Crippen LogP contribution in [-0.2, 0) is 24.5 Å². The predicted octanol–water partition coefficient (Wildman–Crippen LogP) is 1.72. The van der Waals surface area contributed by atoms with Crippen LogP contribution in [0, 0.1) is 16.7 Å². The molecule has 1 atom stereocenters. The normalized spacial score (nSPS) is 24.9. The van der Waals surface area contributed by atoms with Crippen molar-refractivity contribution in [3.8, 4) is 6.07 Å². The monoisotopic (exact) mass is 393 g/mol. The fourth-order valence-corrected chi connectivity index (χ4v) is 4.63. The Morgan fingerprint density at radius 3 is 2.66 bits per heavy atom. The summed E-state index contributed by atoms with van der Waals surface area (Å²) in [4.78, 5) is 39.5. The second kappa shape index (κ2) is 5.95. The number of carbonyl (C=O) groups excluding carboxylic acids is 2. The molecule has 0 saturated carbocycles. The lowest BCUT2D eigenvalue weighted by Crippen LogP contribution is -2.51. The van der Waals surface area contributed by atoms with Gasteiger partial charge in [0.2, 0.25) is 11.8 Å². The molecule has 148 valence electrons. The number of carboxylic acids is 1. The van der Waals surface area contributed by atoms with Crippen LogP contribution < -0.4 is 10.6 Å². The Bertz CT molecular complexity index is 1090. The molecule has 1 aliphatic carbocycles. The highest BCUT2D eigenvalue weighted by Gasteiger charge is 2.63. The summed E-state index contributed by atoms with van der Waals surface area (Å²) in [7, 11) is 0. The Hall–Kier alpha value is -3.60. The number of ketones is 1. The Kier molecular flexibility index (Phi) is 3.84. The van der Waals surface area contributed by atoms with E-state index in [0.29, 0.717) is 17.7 Å². The minimum absolute atomic E-state index is 0.0907. The van der Waals surface area contributed by atoms with Crippen molar-refractivity contribution in [1.29, 1.82) is 5.26 Å². The Labute approximate surface area is 166 Å². The summed E-state index contributed by atoms with van der Waals surface area (Å²) < 4.78 is 5.67. The number of nitriles is 1. The number of aliphatic carboxylic acids is 1. The number of amides is 1. The zero-order chi connectivity index (χ0) is 21.1. The molecule has 1 aromatic rings. The molecule has 1 aromatic carbocycles. The van der Waals surface area contributed by atoms with Crippen molar-refractivity contribution in [3.05, 3.63) is 52.6 Å². The molecule has 8 nitrogen and oxygen atoms in total. The Morgan fingerprint density at radius 2 is 2.00 bits per heavy atom. The van der Waals surface area contributed by atoms with Crippen molar-refractivity contribution in [2.75, 3.05) is 11.4 Å². The van der Waals surface area contributed by atoms with Gasteiger partial charge in [0.25, 0.3) is 0 Å². The SMILES string of the molecule is CC1(C)CC(=O)C2=C(C1)OC(N)=C(C#N)[C@@]21C(=O)N(CC(=O)O)c2ccccc21. The van der Waals surface area contributed by atoms with Gasteiger partial charge in [-0.1, -0.05) is 32.0 Å².